The van der Waals surface area contributed by atoms with Crippen LogP contribution in [0.2, 0.25) is 0 Å². The predicted octanol–water partition coefficient (Wildman–Crippen LogP) is 2.22. The fraction of sp³-hybridized carbons (Fsp3) is 0.200. The first-order valence-electron chi connectivity index (χ1n) is 8.53. The summed E-state index contributed by atoms with van der Waals surface area (Å²) in [5, 5.41) is 14.0. The average molecular weight is 379 g/mol. The number of amides is 2. The molecule has 0 aromatic heterocycles. The van der Waals surface area contributed by atoms with E-state index in [0.717, 1.165) is 0 Å². The van der Waals surface area contributed by atoms with Gasteiger partial charge in [0.05, 0.1) is 23.7 Å². The average Bonchev–Trinajstić information content (AvgIpc) is 2.69. The van der Waals surface area contributed by atoms with Crippen LogP contribution in [0.1, 0.15) is 18.9 Å². The molecule has 0 unspecified atom stereocenters. The highest BCUT2D eigenvalue weighted by Crippen LogP contribution is 2.29. The molecule has 1 aliphatic rings. The second-order valence-corrected chi connectivity index (χ2v) is 6.11. The molecule has 0 radical (unpaired) electrons. The third-order valence-corrected chi connectivity index (χ3v) is 4.02. The maximum absolute atomic E-state index is 12.2. The Hall–Kier alpha value is -3.86. The second kappa shape index (κ2) is 8.22. The Morgan fingerprint density at radius 1 is 1.25 bits per heavy atom. The van der Waals surface area contributed by atoms with E-state index >= 15 is 0 Å². The van der Waals surface area contributed by atoms with Crippen LogP contribution in [0.4, 0.5) is 11.4 Å². The summed E-state index contributed by atoms with van der Waals surface area (Å²) in [7, 11) is 0. The summed E-state index contributed by atoms with van der Waals surface area (Å²) in [6.45, 7) is 1.42. The quantitative estimate of drug-likeness (QED) is 0.769. The van der Waals surface area contributed by atoms with Gasteiger partial charge in [0, 0.05) is 5.69 Å². The number of nitrogens with one attached hydrogen (secondary N) is 2. The van der Waals surface area contributed by atoms with E-state index < -0.39 is 30.0 Å². The number of carbonyl (C=O) groups is 3. The second-order valence-electron chi connectivity index (χ2n) is 6.11. The fourth-order valence-corrected chi connectivity index (χ4v) is 2.55. The van der Waals surface area contributed by atoms with Crippen molar-refractivity contribution in [2.45, 2.75) is 25.6 Å². The molecule has 2 aromatic rings. The van der Waals surface area contributed by atoms with Crippen LogP contribution >= 0.6 is 0 Å². The van der Waals surface area contributed by atoms with Crippen LogP contribution in [-0.2, 0) is 19.1 Å². The normalized spacial score (nSPS) is 15.9. The van der Waals surface area contributed by atoms with Gasteiger partial charge in [-0.2, -0.15) is 5.26 Å². The molecule has 8 nitrogen and oxygen atoms in total. The third kappa shape index (κ3) is 4.45. The number of carbonyl (C=O) groups excluding carboxylic acids is 3. The number of ether oxygens (including phenoxy) is 2. The molecule has 1 aliphatic heterocycles. The van der Waals surface area contributed by atoms with Gasteiger partial charge in [-0.15, -0.1) is 0 Å². The van der Waals surface area contributed by atoms with E-state index in [1.165, 1.54) is 6.92 Å². The molecule has 3 rings (SSSR count). The van der Waals surface area contributed by atoms with Gasteiger partial charge in [-0.05, 0) is 43.3 Å². The Kier molecular flexibility index (Phi) is 5.56. The molecule has 142 valence electrons. The molecule has 28 heavy (non-hydrogen) atoms. The molecule has 0 spiro atoms. The minimum Gasteiger partial charge on any atom is -0.478 e. The van der Waals surface area contributed by atoms with Gasteiger partial charge in [0.15, 0.2) is 12.2 Å². The molecule has 0 aliphatic carbocycles. The van der Waals surface area contributed by atoms with E-state index in [4.69, 9.17) is 14.7 Å². The van der Waals surface area contributed by atoms with Crippen molar-refractivity contribution in [3.8, 4) is 11.8 Å². The Balaban J connectivity index is 1.53. The van der Waals surface area contributed by atoms with E-state index in [-0.39, 0.29) is 6.42 Å². The fourth-order valence-electron chi connectivity index (χ4n) is 2.55. The molecule has 1 heterocycles. The number of esters is 1. The van der Waals surface area contributed by atoms with Crippen molar-refractivity contribution >= 4 is 29.2 Å². The van der Waals surface area contributed by atoms with Gasteiger partial charge in [0.25, 0.3) is 11.8 Å². The monoisotopic (exact) mass is 379 g/mol. The molecule has 0 fully saturated rings. The topological polar surface area (TPSA) is 118 Å². The van der Waals surface area contributed by atoms with Gasteiger partial charge in [-0.1, -0.05) is 12.1 Å². The molecule has 8 heteroatoms. The van der Waals surface area contributed by atoms with Crippen molar-refractivity contribution in [2.75, 3.05) is 10.6 Å². The van der Waals surface area contributed by atoms with Crippen LogP contribution in [0.15, 0.2) is 48.5 Å². The first kappa shape index (κ1) is 18.9. The zero-order valence-corrected chi connectivity index (χ0v) is 15.0. The van der Waals surface area contributed by atoms with Gasteiger partial charge in [0.1, 0.15) is 5.75 Å². The number of nitrogens with zero attached hydrogens (tertiary/aromatic N) is 1. The molecule has 2 amide bonds. The van der Waals surface area contributed by atoms with E-state index in [2.05, 4.69) is 10.6 Å². The molecular weight excluding hydrogens is 362 g/mol. The minimum absolute atomic E-state index is 0.325. The van der Waals surface area contributed by atoms with E-state index in [0.29, 0.717) is 22.7 Å². The molecule has 2 aromatic carbocycles. The van der Waals surface area contributed by atoms with Gasteiger partial charge < -0.3 is 20.1 Å². The zero-order chi connectivity index (χ0) is 20.1. The SMILES string of the molecule is C[C@@H](OC(=O)C[C@H]1Oc2ccccc2NC1=O)C(=O)Nc1ccc(C#N)cc1. The van der Waals surface area contributed by atoms with Crippen LogP contribution in [0, 0.1) is 11.3 Å². The standard InChI is InChI=1S/C20H17N3O5/c1-12(19(25)22-14-8-6-13(11-21)7-9-14)27-18(24)10-17-20(26)23-15-4-2-3-5-16(15)28-17/h2-9,12,17H,10H2,1H3,(H,22,25)(H,23,26)/t12-,17-/m1/s1. The predicted molar refractivity (Wildman–Crippen MR) is 99.4 cm³/mol. The van der Waals surface area contributed by atoms with E-state index in [1.54, 1.807) is 48.5 Å². The number of rotatable bonds is 5. The Labute approximate surface area is 161 Å². The van der Waals surface area contributed by atoms with Gasteiger partial charge in [-0.25, -0.2) is 0 Å². The maximum Gasteiger partial charge on any atom is 0.310 e. The van der Waals surface area contributed by atoms with E-state index in [9.17, 15) is 14.4 Å². The van der Waals surface area contributed by atoms with Crippen LogP contribution in [-0.4, -0.2) is 30.0 Å². The lowest BCUT2D eigenvalue weighted by Crippen LogP contribution is -2.40. The van der Waals surface area contributed by atoms with Gasteiger partial charge >= 0.3 is 5.97 Å². The molecule has 0 saturated carbocycles. The molecule has 0 bridgehead atoms. The lowest BCUT2D eigenvalue weighted by Gasteiger charge is -2.25. The summed E-state index contributed by atoms with van der Waals surface area (Å²) < 4.78 is 10.6. The summed E-state index contributed by atoms with van der Waals surface area (Å²) in [5.74, 6) is -1.25. The van der Waals surface area contributed by atoms with Crippen molar-refractivity contribution in [1.29, 1.82) is 5.26 Å². The van der Waals surface area contributed by atoms with E-state index in [1.807, 2.05) is 6.07 Å². The first-order valence-corrected chi connectivity index (χ1v) is 8.53. The number of para-hydroxylation sites is 2. The zero-order valence-electron chi connectivity index (χ0n) is 15.0. The molecule has 0 saturated heterocycles. The number of fused-ring (bicyclic) bond motifs is 1. The molecule has 2 atom stereocenters. The number of benzene rings is 2. The van der Waals surface area contributed by atoms with Crippen LogP contribution in [0.3, 0.4) is 0 Å². The Morgan fingerprint density at radius 3 is 2.68 bits per heavy atom. The summed E-state index contributed by atoms with van der Waals surface area (Å²) in [6, 6.07) is 15.1. The highest BCUT2D eigenvalue weighted by atomic mass is 16.6. The Bertz CT molecular complexity index is 949. The van der Waals surface area contributed by atoms with Crippen molar-refractivity contribution < 1.29 is 23.9 Å². The first-order chi connectivity index (χ1) is 13.5. The highest BCUT2D eigenvalue weighted by molar-refractivity contribution is 6.00. The smallest absolute Gasteiger partial charge is 0.310 e. The Morgan fingerprint density at radius 2 is 1.96 bits per heavy atom. The van der Waals surface area contributed by atoms with Crippen LogP contribution < -0.4 is 15.4 Å². The molecule has 2 N–H and O–H groups in total. The van der Waals surface area contributed by atoms with Crippen LogP contribution in [0.5, 0.6) is 5.75 Å². The summed E-state index contributed by atoms with van der Waals surface area (Å²) in [4.78, 5) is 36.3. The maximum atomic E-state index is 12.2. The highest BCUT2D eigenvalue weighted by Gasteiger charge is 2.31. The van der Waals surface area contributed by atoms with Gasteiger partial charge in [0.2, 0.25) is 0 Å². The lowest BCUT2D eigenvalue weighted by molar-refractivity contribution is -0.155. The largest absolute Gasteiger partial charge is 0.478 e. The number of anilines is 2. The van der Waals surface area contributed by atoms with Crippen molar-refractivity contribution in [3.05, 3.63) is 54.1 Å². The number of nitriles is 1. The van der Waals surface area contributed by atoms with Crippen LogP contribution in [0.25, 0.3) is 0 Å². The summed E-state index contributed by atoms with van der Waals surface area (Å²) in [6.07, 6.45) is -2.42. The minimum atomic E-state index is -1.07. The number of hydrogen-bond acceptors (Lipinski definition) is 6. The third-order valence-electron chi connectivity index (χ3n) is 4.02. The van der Waals surface area contributed by atoms with Crippen molar-refractivity contribution in [2.24, 2.45) is 0 Å². The summed E-state index contributed by atoms with van der Waals surface area (Å²) >= 11 is 0. The number of hydrogen-bond donors (Lipinski definition) is 2. The van der Waals surface area contributed by atoms with Crippen molar-refractivity contribution in [1.82, 2.24) is 0 Å². The van der Waals surface area contributed by atoms with Crippen molar-refractivity contribution in [3.63, 3.8) is 0 Å². The van der Waals surface area contributed by atoms with Gasteiger partial charge in [-0.3, -0.25) is 14.4 Å². The summed E-state index contributed by atoms with van der Waals surface area (Å²) in [5.41, 5.74) is 1.47. The lowest BCUT2D eigenvalue weighted by atomic mass is 10.1. The molecular formula is C20H17N3O5.